The maximum Gasteiger partial charge on any atom is 0.142 e. The van der Waals surface area contributed by atoms with E-state index in [0.717, 1.165) is 27.8 Å². The van der Waals surface area contributed by atoms with E-state index in [1.165, 1.54) is 38.4 Å². The van der Waals surface area contributed by atoms with Crippen LogP contribution in [-0.4, -0.2) is 4.98 Å². The zero-order valence-corrected chi connectivity index (χ0v) is 16.6. The molecule has 1 aliphatic carbocycles. The maximum atomic E-state index is 6.43. The Labute approximate surface area is 163 Å². The van der Waals surface area contributed by atoms with Gasteiger partial charge in [0.05, 0.1) is 11.1 Å². The third kappa shape index (κ3) is 1.80. The first kappa shape index (κ1) is 15.9. The molecule has 2 aromatic heterocycles. The van der Waals surface area contributed by atoms with Crippen molar-refractivity contribution >= 4 is 32.7 Å². The number of hydrogen-bond donors (Lipinski definition) is 0. The number of furan rings is 1. The Kier molecular flexibility index (Phi) is 2.85. The molecule has 0 atom stereocenters. The van der Waals surface area contributed by atoms with Gasteiger partial charge in [-0.15, -0.1) is 0 Å². The highest BCUT2D eigenvalue weighted by molar-refractivity contribution is 6.16. The SMILES string of the molecule is Cc1ccc2c3c1oc1c(C)cnc(c13)-c1cc3ccccc3cc1C2(C)C. The lowest BCUT2D eigenvalue weighted by Crippen LogP contribution is -2.19. The summed E-state index contributed by atoms with van der Waals surface area (Å²) in [5.74, 6) is 0. The van der Waals surface area contributed by atoms with E-state index in [9.17, 15) is 0 Å². The first-order valence-electron chi connectivity index (χ1n) is 9.82. The minimum Gasteiger partial charge on any atom is -0.455 e. The molecule has 28 heavy (non-hydrogen) atoms. The van der Waals surface area contributed by atoms with E-state index in [1.54, 1.807) is 0 Å². The molecule has 0 radical (unpaired) electrons. The Morgan fingerprint density at radius 3 is 2.29 bits per heavy atom. The fraction of sp³-hybridized carbons (Fsp3) is 0.192. The number of fused-ring (bicyclic) bond motifs is 3. The van der Waals surface area contributed by atoms with E-state index < -0.39 is 0 Å². The molecule has 3 aromatic carbocycles. The summed E-state index contributed by atoms with van der Waals surface area (Å²) in [6.07, 6.45) is 1.95. The van der Waals surface area contributed by atoms with Crippen LogP contribution in [0.5, 0.6) is 0 Å². The zero-order valence-electron chi connectivity index (χ0n) is 16.6. The molecule has 0 unspecified atom stereocenters. The molecule has 0 aliphatic heterocycles. The smallest absolute Gasteiger partial charge is 0.142 e. The average molecular weight is 363 g/mol. The van der Waals surface area contributed by atoms with Crippen LogP contribution < -0.4 is 0 Å². The molecule has 0 saturated heterocycles. The van der Waals surface area contributed by atoms with Crippen LogP contribution in [0.3, 0.4) is 0 Å². The second-order valence-electron chi connectivity index (χ2n) is 8.60. The molecule has 0 spiro atoms. The van der Waals surface area contributed by atoms with Gasteiger partial charge in [0.2, 0.25) is 0 Å². The van der Waals surface area contributed by atoms with Crippen LogP contribution in [-0.2, 0) is 5.41 Å². The monoisotopic (exact) mass is 363 g/mol. The van der Waals surface area contributed by atoms with Gasteiger partial charge in [0.15, 0.2) is 0 Å². The van der Waals surface area contributed by atoms with Crippen LogP contribution in [0.15, 0.2) is 59.1 Å². The van der Waals surface area contributed by atoms with Crippen molar-refractivity contribution in [3.63, 3.8) is 0 Å². The Bertz CT molecular complexity index is 1450. The van der Waals surface area contributed by atoms with Crippen LogP contribution in [0, 0.1) is 13.8 Å². The molecule has 0 saturated carbocycles. The van der Waals surface area contributed by atoms with Gasteiger partial charge in [0.25, 0.3) is 0 Å². The molecule has 6 rings (SSSR count). The molecule has 0 amide bonds. The highest BCUT2D eigenvalue weighted by Crippen LogP contribution is 2.50. The summed E-state index contributed by atoms with van der Waals surface area (Å²) in [7, 11) is 0. The molecule has 0 N–H and O–H groups in total. The Morgan fingerprint density at radius 2 is 1.50 bits per heavy atom. The first-order chi connectivity index (χ1) is 13.5. The molecular formula is C26H21NO. The second kappa shape index (κ2) is 5.02. The number of nitrogens with zero attached hydrogens (tertiary/aromatic N) is 1. The summed E-state index contributed by atoms with van der Waals surface area (Å²) in [4.78, 5) is 4.94. The average Bonchev–Trinajstić information content (AvgIpc) is 3.07. The molecular weight excluding hydrogens is 342 g/mol. The van der Waals surface area contributed by atoms with Gasteiger partial charge in [-0.2, -0.15) is 0 Å². The Balaban J connectivity index is 1.93. The largest absolute Gasteiger partial charge is 0.455 e. The predicted molar refractivity (Wildman–Crippen MR) is 116 cm³/mol. The van der Waals surface area contributed by atoms with E-state index in [-0.39, 0.29) is 5.41 Å². The van der Waals surface area contributed by atoms with Crippen molar-refractivity contribution in [2.75, 3.05) is 0 Å². The molecule has 2 heteroatoms. The fourth-order valence-corrected chi connectivity index (χ4v) is 4.94. The molecule has 0 bridgehead atoms. The highest BCUT2D eigenvalue weighted by Gasteiger charge is 2.35. The van der Waals surface area contributed by atoms with Crippen molar-refractivity contribution in [2.45, 2.75) is 33.1 Å². The number of rotatable bonds is 0. The summed E-state index contributed by atoms with van der Waals surface area (Å²) in [5.41, 5.74) is 8.95. The normalized spacial score (nSPS) is 14.7. The van der Waals surface area contributed by atoms with Gasteiger partial charge in [-0.1, -0.05) is 50.2 Å². The topological polar surface area (TPSA) is 26.0 Å². The molecule has 1 aliphatic rings. The standard InChI is InChI=1S/C26H21NO/c1-14-9-10-19-21-22-23(27-13-15(2)25(22)28-24(14)21)18-11-16-7-5-6-8-17(16)12-20(18)26(19,3)4/h5-13H,1-4H3. The van der Waals surface area contributed by atoms with Crippen LogP contribution in [0.25, 0.3) is 44.0 Å². The Morgan fingerprint density at radius 1 is 0.786 bits per heavy atom. The maximum absolute atomic E-state index is 6.43. The third-order valence-electron chi connectivity index (χ3n) is 6.51. The quantitative estimate of drug-likeness (QED) is 0.294. The van der Waals surface area contributed by atoms with E-state index in [1.807, 2.05) is 6.20 Å². The minimum absolute atomic E-state index is 0.156. The summed E-state index contributed by atoms with van der Waals surface area (Å²) in [6.45, 7) is 8.86. The molecule has 5 aromatic rings. The summed E-state index contributed by atoms with van der Waals surface area (Å²) >= 11 is 0. The third-order valence-corrected chi connectivity index (χ3v) is 6.51. The number of pyridine rings is 1. The van der Waals surface area contributed by atoms with Gasteiger partial charge in [0.1, 0.15) is 11.2 Å². The van der Waals surface area contributed by atoms with Crippen LogP contribution in [0.4, 0.5) is 0 Å². The van der Waals surface area contributed by atoms with E-state index in [0.29, 0.717) is 0 Å². The number of hydrogen-bond acceptors (Lipinski definition) is 2. The van der Waals surface area contributed by atoms with Gasteiger partial charge in [0, 0.05) is 28.1 Å². The number of benzene rings is 3. The van der Waals surface area contributed by atoms with Crippen molar-refractivity contribution in [1.29, 1.82) is 0 Å². The first-order valence-corrected chi connectivity index (χ1v) is 9.82. The summed E-state index contributed by atoms with van der Waals surface area (Å²) < 4.78 is 6.43. The van der Waals surface area contributed by atoms with Crippen molar-refractivity contribution in [3.05, 3.63) is 77.0 Å². The fourth-order valence-electron chi connectivity index (χ4n) is 4.94. The van der Waals surface area contributed by atoms with Gasteiger partial charge in [-0.05, 0) is 53.4 Å². The van der Waals surface area contributed by atoms with Gasteiger partial charge < -0.3 is 4.42 Å². The second-order valence-corrected chi connectivity index (χ2v) is 8.60. The van der Waals surface area contributed by atoms with Crippen molar-refractivity contribution in [2.24, 2.45) is 0 Å². The zero-order chi connectivity index (χ0) is 19.2. The molecule has 0 fully saturated rings. The number of aryl methyl sites for hydroxylation is 2. The summed E-state index contributed by atoms with van der Waals surface area (Å²) in [5, 5.41) is 4.91. The summed E-state index contributed by atoms with van der Waals surface area (Å²) in [6, 6.07) is 17.7. The highest BCUT2D eigenvalue weighted by atomic mass is 16.3. The predicted octanol–water partition coefficient (Wildman–Crippen LogP) is 7.06. The lowest BCUT2D eigenvalue weighted by Gasteiger charge is -2.28. The Hall–Kier alpha value is -3.13. The number of aromatic nitrogens is 1. The molecule has 2 nitrogen and oxygen atoms in total. The van der Waals surface area contributed by atoms with Crippen LogP contribution >= 0.6 is 0 Å². The lowest BCUT2D eigenvalue weighted by molar-refractivity contribution is 0.641. The molecule has 2 heterocycles. The van der Waals surface area contributed by atoms with Gasteiger partial charge in [-0.3, -0.25) is 4.98 Å². The molecule has 136 valence electrons. The van der Waals surface area contributed by atoms with E-state index in [4.69, 9.17) is 9.40 Å². The lowest BCUT2D eigenvalue weighted by atomic mass is 9.75. The van der Waals surface area contributed by atoms with Gasteiger partial charge >= 0.3 is 0 Å². The van der Waals surface area contributed by atoms with E-state index >= 15 is 0 Å². The van der Waals surface area contributed by atoms with Crippen molar-refractivity contribution in [3.8, 4) is 11.3 Å². The van der Waals surface area contributed by atoms with Crippen LogP contribution in [0.1, 0.15) is 36.1 Å². The van der Waals surface area contributed by atoms with Gasteiger partial charge in [-0.25, -0.2) is 0 Å². The van der Waals surface area contributed by atoms with Crippen molar-refractivity contribution in [1.82, 2.24) is 4.98 Å². The van der Waals surface area contributed by atoms with Crippen LogP contribution in [0.2, 0.25) is 0 Å². The minimum atomic E-state index is -0.156. The van der Waals surface area contributed by atoms with Crippen molar-refractivity contribution < 1.29 is 4.42 Å². The van der Waals surface area contributed by atoms with E-state index in [2.05, 4.69) is 76.2 Å².